The zero-order valence-electron chi connectivity index (χ0n) is 20.4. The van der Waals surface area contributed by atoms with Crippen LogP contribution in [0.4, 0.5) is 0 Å². The molecule has 2 N–H and O–H groups in total. The molecule has 1 heterocycles. The minimum Gasteiger partial charge on any atom is -0.480 e. The maximum absolute atomic E-state index is 12.9. The summed E-state index contributed by atoms with van der Waals surface area (Å²) in [6.45, 7) is 0.347. The third-order valence-electron chi connectivity index (χ3n) is 8.11. The van der Waals surface area contributed by atoms with Crippen molar-refractivity contribution in [1.82, 2.24) is 10.3 Å². The first-order chi connectivity index (χ1) is 17.0. The maximum atomic E-state index is 12.9. The number of rotatable bonds is 11. The standard InChI is InChI=1S/C29H36N2O4/c32-27(33)26(31-28(34)29(15-16-29)22-7-2-1-3-8-22)14-17-35-24-18-20(19-24)10-12-23-13-11-21-6-4-5-9-25(21)30-23/h1-3,7-8,11,13,20,24,26H,4-6,9-10,12,14-19H2,(H,31,34)(H,32,33). The van der Waals surface area contributed by atoms with E-state index in [1.807, 2.05) is 30.3 Å². The van der Waals surface area contributed by atoms with E-state index < -0.39 is 17.4 Å². The third kappa shape index (κ3) is 5.58. The number of hydrogen-bond donors (Lipinski definition) is 2. The number of carbonyl (C=O) groups excluding carboxylic acids is 1. The van der Waals surface area contributed by atoms with Crippen LogP contribution in [0.25, 0.3) is 0 Å². The number of pyridine rings is 1. The molecule has 3 aliphatic carbocycles. The van der Waals surface area contributed by atoms with Gasteiger partial charge in [0.1, 0.15) is 6.04 Å². The first-order valence-corrected chi connectivity index (χ1v) is 13.2. The second-order valence-electron chi connectivity index (χ2n) is 10.6. The zero-order valence-corrected chi connectivity index (χ0v) is 20.4. The van der Waals surface area contributed by atoms with Gasteiger partial charge >= 0.3 is 5.97 Å². The van der Waals surface area contributed by atoms with Gasteiger partial charge in [0, 0.05) is 24.4 Å². The van der Waals surface area contributed by atoms with Gasteiger partial charge in [-0.2, -0.15) is 0 Å². The second kappa shape index (κ2) is 10.5. The van der Waals surface area contributed by atoms with E-state index in [2.05, 4.69) is 17.4 Å². The van der Waals surface area contributed by atoms with E-state index in [9.17, 15) is 14.7 Å². The number of fused-ring (bicyclic) bond motifs is 1. The van der Waals surface area contributed by atoms with Gasteiger partial charge in [-0.3, -0.25) is 9.78 Å². The van der Waals surface area contributed by atoms with Crippen molar-refractivity contribution in [1.29, 1.82) is 0 Å². The minimum absolute atomic E-state index is 0.185. The number of carboxylic acid groups (broad SMARTS) is 1. The molecule has 3 aliphatic rings. The van der Waals surface area contributed by atoms with Crippen molar-refractivity contribution < 1.29 is 19.4 Å². The molecule has 1 aromatic heterocycles. The molecule has 0 bridgehead atoms. The number of amides is 1. The molecule has 1 unspecified atom stereocenters. The third-order valence-corrected chi connectivity index (χ3v) is 8.11. The summed E-state index contributed by atoms with van der Waals surface area (Å²) in [7, 11) is 0. The predicted octanol–water partition coefficient (Wildman–Crippen LogP) is 4.38. The highest BCUT2D eigenvalue weighted by molar-refractivity contribution is 5.93. The van der Waals surface area contributed by atoms with Crippen molar-refractivity contribution in [2.75, 3.05) is 6.61 Å². The van der Waals surface area contributed by atoms with Crippen LogP contribution in [0.2, 0.25) is 0 Å². The summed E-state index contributed by atoms with van der Waals surface area (Å²) in [6, 6.07) is 13.2. The van der Waals surface area contributed by atoms with Gasteiger partial charge in [-0.1, -0.05) is 36.4 Å². The van der Waals surface area contributed by atoms with Gasteiger partial charge in [-0.15, -0.1) is 0 Å². The molecule has 0 saturated heterocycles. The Kier molecular flexibility index (Phi) is 7.19. The first-order valence-electron chi connectivity index (χ1n) is 13.2. The molecule has 0 aliphatic heterocycles. The van der Waals surface area contributed by atoms with Crippen molar-refractivity contribution in [3.63, 3.8) is 0 Å². The van der Waals surface area contributed by atoms with Crippen LogP contribution in [0.3, 0.4) is 0 Å². The number of nitrogens with zero attached hydrogens (tertiary/aromatic N) is 1. The normalized spacial score (nSPS) is 23.0. The van der Waals surface area contributed by atoms with Gasteiger partial charge in [-0.25, -0.2) is 4.79 Å². The highest BCUT2D eigenvalue weighted by Gasteiger charge is 2.51. The Bertz CT molecular complexity index is 1040. The average Bonchev–Trinajstić information content (AvgIpc) is 3.66. The molecule has 1 atom stereocenters. The van der Waals surface area contributed by atoms with E-state index in [0.717, 1.165) is 50.5 Å². The second-order valence-corrected chi connectivity index (χ2v) is 10.6. The number of carboxylic acids is 1. The van der Waals surface area contributed by atoms with Crippen molar-refractivity contribution in [2.45, 2.75) is 88.2 Å². The van der Waals surface area contributed by atoms with Crippen LogP contribution in [-0.4, -0.2) is 40.7 Å². The Morgan fingerprint density at radius 3 is 2.60 bits per heavy atom. The number of ether oxygens (including phenoxy) is 1. The fourth-order valence-corrected chi connectivity index (χ4v) is 5.60. The van der Waals surface area contributed by atoms with Crippen LogP contribution in [0.1, 0.15) is 73.9 Å². The molecule has 6 nitrogen and oxygen atoms in total. The quantitative estimate of drug-likeness (QED) is 0.503. The smallest absolute Gasteiger partial charge is 0.326 e. The molecule has 0 spiro atoms. The highest BCUT2D eigenvalue weighted by Crippen LogP contribution is 2.48. The number of hydrogen-bond acceptors (Lipinski definition) is 4. The number of aliphatic carboxylic acids is 1. The van der Waals surface area contributed by atoms with Gasteiger partial charge in [0.2, 0.25) is 5.91 Å². The summed E-state index contributed by atoms with van der Waals surface area (Å²) in [5.41, 5.74) is 4.34. The largest absolute Gasteiger partial charge is 0.480 e. The van der Waals surface area contributed by atoms with Gasteiger partial charge in [0.25, 0.3) is 0 Å². The van der Waals surface area contributed by atoms with Crippen LogP contribution < -0.4 is 5.32 Å². The number of aryl methyl sites for hydroxylation is 3. The molecule has 35 heavy (non-hydrogen) atoms. The van der Waals surface area contributed by atoms with Gasteiger partial charge in [0.05, 0.1) is 11.5 Å². The van der Waals surface area contributed by atoms with E-state index in [1.165, 1.54) is 36.2 Å². The summed E-state index contributed by atoms with van der Waals surface area (Å²) in [4.78, 5) is 29.6. The first kappa shape index (κ1) is 24.0. The lowest BCUT2D eigenvalue weighted by Crippen LogP contribution is -2.46. The lowest BCUT2D eigenvalue weighted by atomic mass is 9.79. The lowest BCUT2D eigenvalue weighted by Gasteiger charge is -2.35. The fourth-order valence-electron chi connectivity index (χ4n) is 5.60. The van der Waals surface area contributed by atoms with Crippen molar-refractivity contribution in [3.05, 3.63) is 65.0 Å². The molecule has 2 saturated carbocycles. The predicted molar refractivity (Wildman–Crippen MR) is 133 cm³/mol. The Hall–Kier alpha value is -2.73. The van der Waals surface area contributed by atoms with Crippen LogP contribution >= 0.6 is 0 Å². The summed E-state index contributed by atoms with van der Waals surface area (Å²) in [6.07, 6.45) is 11.0. The molecule has 1 aromatic carbocycles. The number of nitrogens with one attached hydrogen (secondary N) is 1. The van der Waals surface area contributed by atoms with E-state index in [1.54, 1.807) is 0 Å². The Balaban J connectivity index is 1.02. The number of carbonyl (C=O) groups is 2. The monoisotopic (exact) mass is 476 g/mol. The summed E-state index contributed by atoms with van der Waals surface area (Å²) in [5.74, 6) is -0.543. The molecule has 2 aromatic rings. The maximum Gasteiger partial charge on any atom is 0.326 e. The molecule has 5 rings (SSSR count). The van der Waals surface area contributed by atoms with Gasteiger partial charge in [0.15, 0.2) is 0 Å². The van der Waals surface area contributed by atoms with Crippen molar-refractivity contribution in [3.8, 4) is 0 Å². The molecule has 6 heteroatoms. The van der Waals surface area contributed by atoms with Crippen molar-refractivity contribution in [2.24, 2.45) is 5.92 Å². The Labute approximate surface area is 207 Å². The van der Waals surface area contributed by atoms with Crippen molar-refractivity contribution >= 4 is 11.9 Å². The van der Waals surface area contributed by atoms with Crippen LogP contribution in [0.15, 0.2) is 42.5 Å². The van der Waals surface area contributed by atoms with E-state index in [-0.39, 0.29) is 18.4 Å². The molecule has 2 fully saturated rings. The van der Waals surface area contributed by atoms with Gasteiger partial charge in [-0.05, 0) is 87.3 Å². The molecular weight excluding hydrogens is 440 g/mol. The summed E-state index contributed by atoms with van der Waals surface area (Å²) in [5, 5.41) is 12.4. The molecule has 0 radical (unpaired) electrons. The summed E-state index contributed by atoms with van der Waals surface area (Å²) < 4.78 is 5.95. The Morgan fingerprint density at radius 2 is 1.86 bits per heavy atom. The number of benzene rings is 1. The summed E-state index contributed by atoms with van der Waals surface area (Å²) >= 11 is 0. The van der Waals surface area contributed by atoms with Crippen LogP contribution in [0, 0.1) is 5.92 Å². The van der Waals surface area contributed by atoms with E-state index >= 15 is 0 Å². The fraction of sp³-hybridized carbons (Fsp3) is 0.552. The molecule has 186 valence electrons. The SMILES string of the molecule is O=C(O)C(CCOC1CC(CCc2ccc3c(n2)CCCC3)C1)NC(=O)C1(c2ccccc2)CC1. The van der Waals surface area contributed by atoms with Gasteiger partial charge < -0.3 is 15.2 Å². The molecular formula is C29H36N2O4. The van der Waals surface area contributed by atoms with Crippen LogP contribution in [-0.2, 0) is 39.0 Å². The zero-order chi connectivity index (χ0) is 24.3. The Morgan fingerprint density at radius 1 is 1.09 bits per heavy atom. The van der Waals surface area contributed by atoms with Crippen LogP contribution in [0.5, 0.6) is 0 Å². The molecule has 1 amide bonds. The lowest BCUT2D eigenvalue weighted by molar-refractivity contribution is -0.143. The highest BCUT2D eigenvalue weighted by atomic mass is 16.5. The average molecular weight is 477 g/mol. The topological polar surface area (TPSA) is 88.5 Å². The van der Waals surface area contributed by atoms with E-state index in [0.29, 0.717) is 12.5 Å². The van der Waals surface area contributed by atoms with E-state index in [4.69, 9.17) is 9.72 Å². The minimum atomic E-state index is -1.00. The number of aromatic nitrogens is 1.